The van der Waals surface area contributed by atoms with Gasteiger partial charge in [-0.05, 0) is 54.7 Å². The quantitative estimate of drug-likeness (QED) is 0.650. The Morgan fingerprint density at radius 1 is 1.03 bits per heavy atom. The minimum absolute atomic E-state index is 0.251. The summed E-state index contributed by atoms with van der Waals surface area (Å²) in [6.45, 7) is 7.72. The van der Waals surface area contributed by atoms with E-state index in [1.54, 1.807) is 7.11 Å². The molecule has 2 aromatic rings. The van der Waals surface area contributed by atoms with Gasteiger partial charge >= 0.3 is 5.97 Å². The highest BCUT2D eigenvalue weighted by molar-refractivity contribution is 5.83. The first-order valence-corrected chi connectivity index (χ1v) is 9.63. The van der Waals surface area contributed by atoms with Gasteiger partial charge in [0.15, 0.2) is 12.7 Å². The van der Waals surface area contributed by atoms with Crippen molar-refractivity contribution in [1.82, 2.24) is 5.32 Å². The third-order valence-electron chi connectivity index (χ3n) is 4.53. The van der Waals surface area contributed by atoms with E-state index in [-0.39, 0.29) is 12.5 Å². The van der Waals surface area contributed by atoms with Crippen LogP contribution in [-0.2, 0) is 20.9 Å². The van der Waals surface area contributed by atoms with Gasteiger partial charge in [-0.15, -0.1) is 0 Å². The zero-order chi connectivity index (χ0) is 21.4. The zero-order valence-electron chi connectivity index (χ0n) is 17.7. The maximum Gasteiger partial charge on any atom is 0.344 e. The predicted molar refractivity (Wildman–Crippen MR) is 111 cm³/mol. The van der Waals surface area contributed by atoms with E-state index in [0.29, 0.717) is 18.2 Å². The van der Waals surface area contributed by atoms with Gasteiger partial charge in [0.2, 0.25) is 0 Å². The highest BCUT2D eigenvalue weighted by Crippen LogP contribution is 2.24. The van der Waals surface area contributed by atoms with E-state index in [1.165, 1.54) is 6.92 Å². The summed E-state index contributed by atoms with van der Waals surface area (Å²) in [7, 11) is 1.60. The molecule has 0 aliphatic heterocycles. The molecule has 0 aromatic heterocycles. The molecule has 0 bridgehead atoms. The fourth-order valence-corrected chi connectivity index (χ4v) is 2.63. The second-order valence-corrected chi connectivity index (χ2v) is 7.17. The van der Waals surface area contributed by atoms with Crippen LogP contribution in [0.2, 0.25) is 0 Å². The molecule has 29 heavy (non-hydrogen) atoms. The van der Waals surface area contributed by atoms with Crippen LogP contribution in [0.3, 0.4) is 0 Å². The van der Waals surface area contributed by atoms with Gasteiger partial charge in [-0.3, -0.25) is 4.79 Å². The minimum atomic E-state index is -0.910. The first kappa shape index (κ1) is 22.3. The highest BCUT2D eigenvalue weighted by Gasteiger charge is 2.18. The normalized spacial score (nSPS) is 11.7. The number of carbonyl (C=O) groups excluding carboxylic acids is 2. The number of benzene rings is 2. The Bertz CT molecular complexity index is 830. The average molecular weight is 399 g/mol. The van der Waals surface area contributed by atoms with Crippen molar-refractivity contribution in [3.05, 3.63) is 59.2 Å². The van der Waals surface area contributed by atoms with Crippen LogP contribution < -0.4 is 14.8 Å². The highest BCUT2D eigenvalue weighted by atomic mass is 16.6. The first-order chi connectivity index (χ1) is 13.8. The fourth-order valence-electron chi connectivity index (χ4n) is 2.63. The molecule has 0 aliphatic carbocycles. The van der Waals surface area contributed by atoms with E-state index in [4.69, 9.17) is 14.2 Å². The summed E-state index contributed by atoms with van der Waals surface area (Å²) in [5.41, 5.74) is 2.99. The summed E-state index contributed by atoms with van der Waals surface area (Å²) in [6, 6.07) is 13.3. The number of methoxy groups -OCH3 is 1. The van der Waals surface area contributed by atoms with Gasteiger partial charge in [0, 0.05) is 6.54 Å². The van der Waals surface area contributed by atoms with Crippen molar-refractivity contribution in [3.63, 3.8) is 0 Å². The standard InChI is InChI=1S/C23H29NO5/c1-15(2)19-9-6-16(3)21(12-19)28-14-22(25)29-17(4)23(26)24-13-18-7-10-20(27-5)11-8-18/h6-12,15,17H,13-14H2,1-5H3,(H,24,26)/t17-/m0/s1. The molecule has 0 heterocycles. The Kier molecular flexibility index (Phi) is 8.07. The van der Waals surface area contributed by atoms with Crippen molar-refractivity contribution in [2.75, 3.05) is 13.7 Å². The van der Waals surface area contributed by atoms with E-state index in [2.05, 4.69) is 19.2 Å². The molecule has 0 aliphatic rings. The fraction of sp³-hybridized carbons (Fsp3) is 0.391. The monoisotopic (exact) mass is 399 g/mol. The summed E-state index contributed by atoms with van der Waals surface area (Å²) in [4.78, 5) is 24.2. The van der Waals surface area contributed by atoms with E-state index < -0.39 is 12.1 Å². The average Bonchev–Trinajstić information content (AvgIpc) is 2.71. The first-order valence-electron chi connectivity index (χ1n) is 9.63. The Morgan fingerprint density at radius 2 is 1.72 bits per heavy atom. The van der Waals surface area contributed by atoms with Gasteiger partial charge in [-0.2, -0.15) is 0 Å². The van der Waals surface area contributed by atoms with Crippen LogP contribution in [0.25, 0.3) is 0 Å². The van der Waals surface area contributed by atoms with Crippen LogP contribution in [0.5, 0.6) is 11.5 Å². The number of nitrogens with one attached hydrogen (secondary N) is 1. The molecule has 1 N–H and O–H groups in total. The summed E-state index contributed by atoms with van der Waals surface area (Å²) in [5.74, 6) is 0.791. The second-order valence-electron chi connectivity index (χ2n) is 7.17. The topological polar surface area (TPSA) is 73.9 Å². The molecule has 1 atom stereocenters. The largest absolute Gasteiger partial charge is 0.497 e. The van der Waals surface area contributed by atoms with E-state index in [0.717, 1.165) is 22.4 Å². The van der Waals surface area contributed by atoms with Crippen molar-refractivity contribution in [2.45, 2.75) is 46.3 Å². The number of hydrogen-bond acceptors (Lipinski definition) is 5. The Balaban J connectivity index is 1.80. The number of rotatable bonds is 9. The molecule has 156 valence electrons. The maximum atomic E-state index is 12.2. The summed E-state index contributed by atoms with van der Waals surface area (Å²) < 4.78 is 15.9. The lowest BCUT2D eigenvalue weighted by Crippen LogP contribution is -2.36. The lowest BCUT2D eigenvalue weighted by Gasteiger charge is -2.15. The Labute approximate surface area is 172 Å². The molecule has 1 amide bonds. The molecule has 0 spiro atoms. The SMILES string of the molecule is COc1ccc(CNC(=O)[C@H](C)OC(=O)COc2cc(C(C)C)ccc2C)cc1. The molecule has 2 rings (SSSR count). The Hall–Kier alpha value is -3.02. The number of amides is 1. The van der Waals surface area contributed by atoms with Crippen molar-refractivity contribution >= 4 is 11.9 Å². The van der Waals surface area contributed by atoms with Crippen molar-refractivity contribution in [3.8, 4) is 11.5 Å². The molecule has 6 heteroatoms. The van der Waals surface area contributed by atoms with Gasteiger partial charge in [-0.1, -0.05) is 38.1 Å². The van der Waals surface area contributed by atoms with Crippen LogP contribution in [-0.4, -0.2) is 31.7 Å². The molecule has 0 radical (unpaired) electrons. The molecule has 0 unspecified atom stereocenters. The maximum absolute atomic E-state index is 12.2. The third kappa shape index (κ3) is 6.82. The van der Waals surface area contributed by atoms with Gasteiger partial charge in [-0.25, -0.2) is 4.79 Å². The van der Waals surface area contributed by atoms with Crippen LogP contribution in [0.15, 0.2) is 42.5 Å². The minimum Gasteiger partial charge on any atom is -0.497 e. The smallest absolute Gasteiger partial charge is 0.344 e. The van der Waals surface area contributed by atoms with E-state index in [1.807, 2.05) is 49.4 Å². The summed E-state index contributed by atoms with van der Waals surface area (Å²) in [6.07, 6.45) is -0.910. The van der Waals surface area contributed by atoms with Crippen molar-refractivity contribution < 1.29 is 23.8 Å². The summed E-state index contributed by atoms with van der Waals surface area (Å²) >= 11 is 0. The molecular weight excluding hydrogens is 370 g/mol. The van der Waals surface area contributed by atoms with Crippen LogP contribution in [0, 0.1) is 6.92 Å². The zero-order valence-corrected chi connectivity index (χ0v) is 17.7. The van der Waals surface area contributed by atoms with Crippen LogP contribution >= 0.6 is 0 Å². The van der Waals surface area contributed by atoms with Crippen molar-refractivity contribution in [1.29, 1.82) is 0 Å². The third-order valence-corrected chi connectivity index (χ3v) is 4.53. The van der Waals surface area contributed by atoms with E-state index >= 15 is 0 Å². The van der Waals surface area contributed by atoms with Crippen LogP contribution in [0.4, 0.5) is 0 Å². The molecule has 0 saturated heterocycles. The van der Waals surface area contributed by atoms with Gasteiger partial charge in [0.05, 0.1) is 7.11 Å². The van der Waals surface area contributed by atoms with Gasteiger partial charge in [0.25, 0.3) is 5.91 Å². The number of esters is 1. The van der Waals surface area contributed by atoms with Gasteiger partial charge < -0.3 is 19.5 Å². The molecule has 0 saturated carbocycles. The second kappa shape index (κ2) is 10.5. The van der Waals surface area contributed by atoms with Gasteiger partial charge in [0.1, 0.15) is 11.5 Å². The molecule has 6 nitrogen and oxygen atoms in total. The number of aryl methyl sites for hydroxylation is 1. The number of hydrogen-bond donors (Lipinski definition) is 1. The van der Waals surface area contributed by atoms with E-state index in [9.17, 15) is 9.59 Å². The predicted octanol–water partition coefficient (Wildman–Crippen LogP) is 3.75. The molecule has 2 aromatic carbocycles. The van der Waals surface area contributed by atoms with Crippen LogP contribution in [0.1, 0.15) is 43.4 Å². The lowest BCUT2D eigenvalue weighted by molar-refractivity contribution is -0.156. The number of ether oxygens (including phenoxy) is 3. The Morgan fingerprint density at radius 3 is 2.34 bits per heavy atom. The number of carbonyl (C=O) groups is 2. The summed E-state index contributed by atoms with van der Waals surface area (Å²) in [5, 5.41) is 2.75. The molecular formula is C23H29NO5. The lowest BCUT2D eigenvalue weighted by atomic mass is 10.0. The molecule has 0 fully saturated rings. The van der Waals surface area contributed by atoms with Crippen molar-refractivity contribution in [2.24, 2.45) is 0 Å².